The van der Waals surface area contributed by atoms with Gasteiger partial charge in [-0.3, -0.25) is 4.79 Å². The van der Waals surface area contributed by atoms with Gasteiger partial charge in [-0.15, -0.1) is 0 Å². The zero-order chi connectivity index (χ0) is 18.1. The molecular formula is C18H18O7. The van der Waals surface area contributed by atoms with E-state index in [1.54, 1.807) is 18.2 Å². The van der Waals surface area contributed by atoms with Crippen LogP contribution < -0.4 is 29.1 Å². The van der Waals surface area contributed by atoms with E-state index in [0.717, 1.165) is 0 Å². The number of ether oxygens (including phenoxy) is 5. The van der Waals surface area contributed by atoms with Crippen molar-refractivity contribution in [2.75, 3.05) is 35.5 Å². The molecule has 25 heavy (non-hydrogen) atoms. The van der Waals surface area contributed by atoms with Crippen molar-refractivity contribution in [2.45, 2.75) is 0 Å². The predicted octanol–water partition coefficient (Wildman–Crippen LogP) is 2.99. The summed E-state index contributed by atoms with van der Waals surface area (Å²) >= 11 is 0. The second-order valence-corrected chi connectivity index (χ2v) is 5.11. The molecule has 0 aliphatic carbocycles. The molecule has 0 unspecified atom stereocenters. The minimum atomic E-state index is -0.286. The molecule has 3 rings (SSSR count). The highest BCUT2D eigenvalue weighted by Gasteiger charge is 2.28. The Bertz CT molecular complexity index is 1000. The summed E-state index contributed by atoms with van der Waals surface area (Å²) in [6.45, 7) is 0. The smallest absolute Gasteiger partial charge is 0.211 e. The summed E-state index contributed by atoms with van der Waals surface area (Å²) in [6.07, 6.45) is 0. The quantitative estimate of drug-likeness (QED) is 0.657. The lowest BCUT2D eigenvalue weighted by atomic mass is 10.1. The van der Waals surface area contributed by atoms with Crippen LogP contribution in [0.1, 0.15) is 0 Å². The van der Waals surface area contributed by atoms with Crippen molar-refractivity contribution in [2.24, 2.45) is 0 Å². The van der Waals surface area contributed by atoms with Crippen molar-refractivity contribution in [3.63, 3.8) is 0 Å². The van der Waals surface area contributed by atoms with E-state index < -0.39 is 0 Å². The molecule has 0 aliphatic rings. The van der Waals surface area contributed by atoms with E-state index in [9.17, 15) is 4.79 Å². The molecule has 1 heterocycles. The van der Waals surface area contributed by atoms with E-state index in [0.29, 0.717) is 16.7 Å². The van der Waals surface area contributed by atoms with Gasteiger partial charge in [-0.2, -0.15) is 0 Å². The van der Waals surface area contributed by atoms with Crippen molar-refractivity contribution in [1.82, 2.24) is 0 Å². The van der Waals surface area contributed by atoms with Gasteiger partial charge < -0.3 is 28.1 Å². The molecular weight excluding hydrogens is 328 g/mol. The number of hydrogen-bond acceptors (Lipinski definition) is 7. The van der Waals surface area contributed by atoms with E-state index in [1.807, 2.05) is 0 Å². The maximum Gasteiger partial charge on any atom is 0.211 e. The van der Waals surface area contributed by atoms with Gasteiger partial charge in [0.25, 0.3) is 0 Å². The van der Waals surface area contributed by atoms with Crippen LogP contribution in [0.2, 0.25) is 0 Å². The molecule has 0 spiro atoms. The second-order valence-electron chi connectivity index (χ2n) is 5.11. The Morgan fingerprint density at radius 3 is 1.88 bits per heavy atom. The Labute approximate surface area is 143 Å². The maximum absolute atomic E-state index is 13.1. The Hall–Kier alpha value is -3.09. The normalized spacial score (nSPS) is 10.8. The summed E-state index contributed by atoms with van der Waals surface area (Å²) in [5.74, 6) is 1.41. The fourth-order valence-electron chi connectivity index (χ4n) is 2.89. The number of rotatable bonds is 5. The van der Waals surface area contributed by atoms with Crippen molar-refractivity contribution in [1.29, 1.82) is 0 Å². The molecule has 1 aromatic heterocycles. The lowest BCUT2D eigenvalue weighted by Gasteiger charge is -2.18. The van der Waals surface area contributed by atoms with Gasteiger partial charge in [-0.1, -0.05) is 6.07 Å². The van der Waals surface area contributed by atoms with Crippen LogP contribution in [0.3, 0.4) is 0 Å². The summed E-state index contributed by atoms with van der Waals surface area (Å²) in [4.78, 5) is 13.1. The Balaban J connectivity index is 2.65. The van der Waals surface area contributed by atoms with Crippen LogP contribution in [0.4, 0.5) is 0 Å². The SMILES string of the molecule is COc1c(OC)c(OC)c2c(=O)c3cccc(OC)c3oc2c1OC. The first kappa shape index (κ1) is 16.8. The van der Waals surface area contributed by atoms with Crippen LogP contribution in [0, 0.1) is 0 Å². The van der Waals surface area contributed by atoms with Gasteiger partial charge in [0.15, 0.2) is 22.7 Å². The molecule has 0 radical (unpaired) electrons. The van der Waals surface area contributed by atoms with Crippen LogP contribution in [-0.4, -0.2) is 35.5 Å². The molecule has 2 aromatic carbocycles. The monoisotopic (exact) mass is 346 g/mol. The number of fused-ring (bicyclic) bond motifs is 2. The molecule has 0 N–H and O–H groups in total. The van der Waals surface area contributed by atoms with Gasteiger partial charge in [0, 0.05) is 0 Å². The van der Waals surface area contributed by atoms with Gasteiger partial charge in [-0.25, -0.2) is 0 Å². The van der Waals surface area contributed by atoms with Crippen molar-refractivity contribution in [3.8, 4) is 28.7 Å². The summed E-state index contributed by atoms with van der Waals surface area (Å²) in [5, 5.41) is 0.567. The van der Waals surface area contributed by atoms with E-state index >= 15 is 0 Å². The highest BCUT2D eigenvalue weighted by Crippen LogP contribution is 2.50. The summed E-state index contributed by atoms with van der Waals surface area (Å²) in [7, 11) is 7.32. The van der Waals surface area contributed by atoms with E-state index in [2.05, 4.69) is 0 Å². The second kappa shape index (κ2) is 6.43. The number of para-hydroxylation sites is 1. The van der Waals surface area contributed by atoms with Gasteiger partial charge in [-0.05, 0) is 12.1 Å². The van der Waals surface area contributed by atoms with Gasteiger partial charge in [0.2, 0.25) is 22.7 Å². The van der Waals surface area contributed by atoms with Crippen molar-refractivity contribution in [3.05, 3.63) is 28.4 Å². The number of methoxy groups -OCH3 is 5. The van der Waals surface area contributed by atoms with Crippen LogP contribution in [0.25, 0.3) is 21.9 Å². The number of hydrogen-bond donors (Lipinski definition) is 0. The third-order valence-corrected chi connectivity index (χ3v) is 3.97. The highest BCUT2D eigenvalue weighted by atomic mass is 16.5. The molecule has 0 bridgehead atoms. The molecule has 132 valence electrons. The molecule has 0 atom stereocenters. The average Bonchev–Trinajstić information content (AvgIpc) is 2.65. The van der Waals surface area contributed by atoms with Gasteiger partial charge in [0.1, 0.15) is 5.39 Å². The molecule has 3 aromatic rings. The fourth-order valence-corrected chi connectivity index (χ4v) is 2.89. The minimum Gasteiger partial charge on any atom is -0.493 e. The molecule has 0 aliphatic heterocycles. The van der Waals surface area contributed by atoms with Gasteiger partial charge in [0.05, 0.1) is 40.9 Å². The Morgan fingerprint density at radius 2 is 1.32 bits per heavy atom. The number of benzene rings is 2. The fraction of sp³-hybridized carbons (Fsp3) is 0.278. The average molecular weight is 346 g/mol. The molecule has 0 saturated heterocycles. The first-order chi connectivity index (χ1) is 12.1. The van der Waals surface area contributed by atoms with E-state index in [4.69, 9.17) is 28.1 Å². The lowest BCUT2D eigenvalue weighted by molar-refractivity contribution is 0.307. The third-order valence-electron chi connectivity index (χ3n) is 3.97. The van der Waals surface area contributed by atoms with Crippen LogP contribution in [0.5, 0.6) is 28.7 Å². The predicted molar refractivity (Wildman–Crippen MR) is 92.8 cm³/mol. The first-order valence-electron chi connectivity index (χ1n) is 7.42. The van der Waals surface area contributed by atoms with Crippen LogP contribution >= 0.6 is 0 Å². The molecule has 7 nitrogen and oxygen atoms in total. The van der Waals surface area contributed by atoms with Crippen molar-refractivity contribution < 1.29 is 28.1 Å². The topological polar surface area (TPSA) is 76.4 Å². The lowest BCUT2D eigenvalue weighted by Crippen LogP contribution is -2.08. The molecule has 0 amide bonds. The third kappa shape index (κ3) is 2.31. The van der Waals surface area contributed by atoms with Crippen molar-refractivity contribution >= 4 is 21.9 Å². The zero-order valence-corrected chi connectivity index (χ0v) is 14.6. The highest BCUT2D eigenvalue weighted by molar-refractivity contribution is 6.01. The Kier molecular flexibility index (Phi) is 4.31. The summed E-state index contributed by atoms with van der Waals surface area (Å²) in [5.41, 5.74) is 0.223. The standard InChI is InChI=1S/C18H18O7/c1-20-10-8-6-7-9-12(19)11-14(21-2)16(22-3)18(24-5)17(23-4)15(11)25-13(9)10/h6-8H,1-5H3. The largest absolute Gasteiger partial charge is 0.493 e. The molecule has 7 heteroatoms. The summed E-state index contributed by atoms with van der Waals surface area (Å²) in [6, 6.07) is 5.09. The summed E-state index contributed by atoms with van der Waals surface area (Å²) < 4.78 is 32.9. The van der Waals surface area contributed by atoms with Gasteiger partial charge >= 0.3 is 0 Å². The van der Waals surface area contributed by atoms with E-state index in [-0.39, 0.29) is 39.4 Å². The van der Waals surface area contributed by atoms with Crippen LogP contribution in [-0.2, 0) is 0 Å². The first-order valence-corrected chi connectivity index (χ1v) is 7.42. The zero-order valence-electron chi connectivity index (χ0n) is 14.6. The molecule has 0 fully saturated rings. The van der Waals surface area contributed by atoms with Crippen LogP contribution in [0.15, 0.2) is 27.4 Å². The minimum absolute atomic E-state index is 0.194. The van der Waals surface area contributed by atoms with E-state index in [1.165, 1.54) is 35.5 Å². The maximum atomic E-state index is 13.1. The molecule has 0 saturated carbocycles. The Morgan fingerprint density at radius 1 is 0.720 bits per heavy atom.